The van der Waals surface area contributed by atoms with E-state index in [1.54, 1.807) is 0 Å². The summed E-state index contributed by atoms with van der Waals surface area (Å²) in [5.74, 6) is -0.0905. The van der Waals surface area contributed by atoms with Crippen molar-refractivity contribution in [3.63, 3.8) is 0 Å². The Labute approximate surface area is 83.9 Å². The minimum atomic E-state index is -0.0905. The van der Waals surface area contributed by atoms with E-state index < -0.39 is 0 Å². The Balaban J connectivity index is 1.56. The number of nitrogens with one attached hydrogen (secondary N) is 1. The van der Waals surface area contributed by atoms with Crippen molar-refractivity contribution in [3.05, 3.63) is 12.7 Å². The van der Waals surface area contributed by atoms with Crippen LogP contribution in [0.5, 0.6) is 0 Å². The van der Waals surface area contributed by atoms with Crippen LogP contribution in [0.25, 0.3) is 0 Å². The van der Waals surface area contributed by atoms with Crippen LogP contribution < -0.4 is 5.32 Å². The normalized spacial score (nSPS) is 23.7. The summed E-state index contributed by atoms with van der Waals surface area (Å²) in [6, 6.07) is 0. The summed E-state index contributed by atoms with van der Waals surface area (Å²) < 4.78 is 5.18. The SMILES string of the molecule is C=CC(=O)NCCN1CC2(COC2)C1. The highest BCUT2D eigenvalue weighted by molar-refractivity contribution is 5.86. The van der Waals surface area contributed by atoms with Gasteiger partial charge in [0.2, 0.25) is 5.91 Å². The molecule has 0 saturated carbocycles. The van der Waals surface area contributed by atoms with E-state index in [1.165, 1.54) is 6.08 Å². The maximum absolute atomic E-state index is 10.8. The molecular weight excluding hydrogens is 180 g/mol. The van der Waals surface area contributed by atoms with E-state index in [0.29, 0.717) is 12.0 Å². The van der Waals surface area contributed by atoms with Crippen LogP contribution in [0.3, 0.4) is 0 Å². The summed E-state index contributed by atoms with van der Waals surface area (Å²) in [6.45, 7) is 9.12. The first-order valence-corrected chi connectivity index (χ1v) is 4.94. The number of ether oxygens (including phenoxy) is 1. The molecule has 2 fully saturated rings. The first-order valence-electron chi connectivity index (χ1n) is 4.94. The van der Waals surface area contributed by atoms with E-state index >= 15 is 0 Å². The standard InChI is InChI=1S/C10H16N2O2/c1-2-9(13)11-3-4-12-5-10(6-12)7-14-8-10/h2H,1,3-8H2,(H,11,13). The molecule has 2 saturated heterocycles. The Bertz CT molecular complexity index is 241. The molecule has 0 radical (unpaired) electrons. The average molecular weight is 196 g/mol. The van der Waals surface area contributed by atoms with Crippen LogP contribution in [0.15, 0.2) is 12.7 Å². The minimum absolute atomic E-state index is 0.0905. The van der Waals surface area contributed by atoms with Gasteiger partial charge in [-0.1, -0.05) is 6.58 Å². The lowest BCUT2D eigenvalue weighted by atomic mass is 9.78. The van der Waals surface area contributed by atoms with Gasteiger partial charge in [0.05, 0.1) is 13.2 Å². The molecule has 2 aliphatic heterocycles. The highest BCUT2D eigenvalue weighted by Gasteiger charge is 2.48. The van der Waals surface area contributed by atoms with Crippen molar-refractivity contribution in [2.75, 3.05) is 39.4 Å². The van der Waals surface area contributed by atoms with Gasteiger partial charge in [0.15, 0.2) is 0 Å². The Morgan fingerprint density at radius 2 is 2.29 bits per heavy atom. The van der Waals surface area contributed by atoms with Crippen molar-refractivity contribution < 1.29 is 9.53 Å². The van der Waals surface area contributed by atoms with Gasteiger partial charge in [-0.15, -0.1) is 0 Å². The molecular formula is C10H16N2O2. The second-order valence-electron chi connectivity index (χ2n) is 4.20. The fraction of sp³-hybridized carbons (Fsp3) is 0.700. The number of hydrogen-bond acceptors (Lipinski definition) is 3. The number of carbonyl (C=O) groups is 1. The fourth-order valence-electron chi connectivity index (χ4n) is 2.04. The van der Waals surface area contributed by atoms with E-state index in [2.05, 4.69) is 16.8 Å². The maximum Gasteiger partial charge on any atom is 0.243 e. The van der Waals surface area contributed by atoms with Crippen molar-refractivity contribution >= 4 is 5.91 Å². The van der Waals surface area contributed by atoms with Crippen LogP contribution in [0.1, 0.15) is 0 Å². The Morgan fingerprint density at radius 3 is 2.79 bits per heavy atom. The summed E-state index contributed by atoms with van der Waals surface area (Å²) in [6.07, 6.45) is 1.30. The molecule has 0 aromatic rings. The molecule has 0 unspecified atom stereocenters. The van der Waals surface area contributed by atoms with Gasteiger partial charge < -0.3 is 15.0 Å². The fourth-order valence-corrected chi connectivity index (χ4v) is 2.04. The van der Waals surface area contributed by atoms with Crippen LogP contribution in [-0.4, -0.2) is 50.2 Å². The molecule has 2 heterocycles. The predicted molar refractivity (Wildman–Crippen MR) is 52.9 cm³/mol. The molecule has 2 aliphatic rings. The number of nitrogens with zero attached hydrogens (tertiary/aromatic N) is 1. The summed E-state index contributed by atoms with van der Waals surface area (Å²) >= 11 is 0. The second-order valence-corrected chi connectivity index (χ2v) is 4.20. The zero-order valence-corrected chi connectivity index (χ0v) is 8.29. The maximum atomic E-state index is 10.8. The lowest BCUT2D eigenvalue weighted by Crippen LogP contribution is -2.66. The quantitative estimate of drug-likeness (QED) is 0.623. The van der Waals surface area contributed by atoms with Gasteiger partial charge in [-0.05, 0) is 6.08 Å². The molecule has 78 valence electrons. The van der Waals surface area contributed by atoms with Gasteiger partial charge in [0, 0.05) is 31.6 Å². The van der Waals surface area contributed by atoms with Crippen LogP contribution in [0, 0.1) is 5.41 Å². The molecule has 0 bridgehead atoms. The van der Waals surface area contributed by atoms with Gasteiger partial charge in [-0.25, -0.2) is 0 Å². The monoisotopic (exact) mass is 196 g/mol. The van der Waals surface area contributed by atoms with E-state index in [-0.39, 0.29) is 5.91 Å². The van der Waals surface area contributed by atoms with Crippen molar-refractivity contribution in [1.29, 1.82) is 0 Å². The molecule has 2 rings (SSSR count). The summed E-state index contributed by atoms with van der Waals surface area (Å²) in [5, 5.41) is 2.76. The number of likely N-dealkylation sites (tertiary alicyclic amines) is 1. The van der Waals surface area contributed by atoms with Crippen molar-refractivity contribution in [2.24, 2.45) is 5.41 Å². The van der Waals surface area contributed by atoms with Crippen LogP contribution in [-0.2, 0) is 9.53 Å². The average Bonchev–Trinajstić information content (AvgIpc) is 2.05. The van der Waals surface area contributed by atoms with Gasteiger partial charge in [0.1, 0.15) is 0 Å². The summed E-state index contributed by atoms with van der Waals surface area (Å²) in [5.41, 5.74) is 0.475. The van der Waals surface area contributed by atoms with Crippen LogP contribution in [0.4, 0.5) is 0 Å². The third-order valence-electron chi connectivity index (χ3n) is 2.85. The second kappa shape index (κ2) is 3.71. The molecule has 1 spiro atoms. The minimum Gasteiger partial charge on any atom is -0.380 e. The Morgan fingerprint density at radius 1 is 1.57 bits per heavy atom. The van der Waals surface area contributed by atoms with Crippen molar-refractivity contribution in [3.8, 4) is 0 Å². The highest BCUT2D eigenvalue weighted by Crippen LogP contribution is 2.36. The molecule has 1 amide bonds. The van der Waals surface area contributed by atoms with Gasteiger partial charge in [-0.2, -0.15) is 0 Å². The number of hydrogen-bond donors (Lipinski definition) is 1. The predicted octanol–water partition coefficient (Wildman–Crippen LogP) is -0.379. The van der Waals surface area contributed by atoms with Crippen molar-refractivity contribution in [1.82, 2.24) is 10.2 Å². The molecule has 4 heteroatoms. The molecule has 1 N–H and O–H groups in total. The van der Waals surface area contributed by atoms with Gasteiger partial charge in [-0.3, -0.25) is 4.79 Å². The molecule has 14 heavy (non-hydrogen) atoms. The van der Waals surface area contributed by atoms with Gasteiger partial charge >= 0.3 is 0 Å². The third kappa shape index (κ3) is 1.81. The van der Waals surface area contributed by atoms with Crippen molar-refractivity contribution in [2.45, 2.75) is 0 Å². The summed E-state index contributed by atoms with van der Waals surface area (Å²) in [4.78, 5) is 13.2. The van der Waals surface area contributed by atoms with E-state index in [9.17, 15) is 4.79 Å². The van der Waals surface area contributed by atoms with E-state index in [0.717, 1.165) is 32.8 Å². The molecule has 4 nitrogen and oxygen atoms in total. The lowest BCUT2D eigenvalue weighted by molar-refractivity contribution is -0.188. The highest BCUT2D eigenvalue weighted by atomic mass is 16.5. The number of carbonyl (C=O) groups excluding carboxylic acids is 1. The third-order valence-corrected chi connectivity index (χ3v) is 2.85. The zero-order chi connectivity index (χ0) is 10.0. The topological polar surface area (TPSA) is 41.6 Å². The molecule has 0 aliphatic carbocycles. The number of amides is 1. The molecule has 0 aromatic carbocycles. The van der Waals surface area contributed by atoms with Gasteiger partial charge in [0.25, 0.3) is 0 Å². The Hall–Kier alpha value is -0.870. The zero-order valence-electron chi connectivity index (χ0n) is 8.29. The van der Waals surface area contributed by atoms with Crippen LogP contribution >= 0.6 is 0 Å². The van der Waals surface area contributed by atoms with E-state index in [1.807, 2.05) is 0 Å². The molecule has 0 atom stereocenters. The lowest BCUT2D eigenvalue weighted by Gasteiger charge is -2.55. The summed E-state index contributed by atoms with van der Waals surface area (Å²) in [7, 11) is 0. The first-order chi connectivity index (χ1) is 6.74. The molecule has 0 aromatic heterocycles. The Kier molecular flexibility index (Phi) is 2.56. The smallest absolute Gasteiger partial charge is 0.243 e. The van der Waals surface area contributed by atoms with Crippen LogP contribution in [0.2, 0.25) is 0 Å². The largest absolute Gasteiger partial charge is 0.380 e. The first kappa shape index (κ1) is 9.68. The van der Waals surface area contributed by atoms with E-state index in [4.69, 9.17) is 4.74 Å². The number of rotatable bonds is 4.